The smallest absolute Gasteiger partial charge is 0.115 e. The molecular weight excluding hydrogens is 193 g/mol. The van der Waals surface area contributed by atoms with Crippen molar-refractivity contribution in [3.8, 4) is 0 Å². The quantitative estimate of drug-likeness (QED) is 0.714. The zero-order valence-corrected chi connectivity index (χ0v) is 9.84. The zero-order chi connectivity index (χ0) is 10.9. The van der Waals surface area contributed by atoms with Crippen LogP contribution in [-0.2, 0) is 4.74 Å². The minimum atomic E-state index is -0.633. The summed E-state index contributed by atoms with van der Waals surface area (Å²) in [7, 11) is 0. The minimum absolute atomic E-state index is 0.0445. The van der Waals surface area contributed by atoms with Crippen LogP contribution in [-0.4, -0.2) is 42.4 Å². The molecule has 3 atom stereocenters. The Balaban J connectivity index is 1.93. The Morgan fingerprint density at radius 3 is 3.13 bits per heavy atom. The van der Waals surface area contributed by atoms with Crippen molar-refractivity contribution in [3.05, 3.63) is 0 Å². The van der Waals surface area contributed by atoms with Gasteiger partial charge >= 0.3 is 0 Å². The van der Waals surface area contributed by atoms with Crippen LogP contribution in [0.25, 0.3) is 0 Å². The van der Waals surface area contributed by atoms with E-state index in [4.69, 9.17) is 4.74 Å². The third-order valence-electron chi connectivity index (χ3n) is 3.97. The molecule has 2 aliphatic heterocycles. The van der Waals surface area contributed by atoms with Gasteiger partial charge in [-0.3, -0.25) is 4.90 Å². The summed E-state index contributed by atoms with van der Waals surface area (Å²) in [6.45, 7) is 6.63. The van der Waals surface area contributed by atoms with Crippen LogP contribution in [0.4, 0.5) is 4.39 Å². The lowest BCUT2D eigenvalue weighted by Crippen LogP contribution is -2.43. The van der Waals surface area contributed by atoms with Gasteiger partial charge in [0.25, 0.3) is 0 Å². The summed E-state index contributed by atoms with van der Waals surface area (Å²) in [5.74, 6) is 0. The van der Waals surface area contributed by atoms with Crippen LogP contribution in [0.3, 0.4) is 0 Å². The summed E-state index contributed by atoms with van der Waals surface area (Å²) in [5.41, 5.74) is 0.0445. The molecule has 3 unspecified atom stereocenters. The Labute approximate surface area is 91.8 Å². The molecule has 0 spiro atoms. The SMILES string of the molecule is CCC(C)OCC12CCCN1CC(F)C2. The van der Waals surface area contributed by atoms with E-state index >= 15 is 0 Å². The highest BCUT2D eigenvalue weighted by Gasteiger charge is 2.48. The van der Waals surface area contributed by atoms with Gasteiger partial charge in [0, 0.05) is 18.5 Å². The maximum Gasteiger partial charge on any atom is 0.115 e. The Bertz CT molecular complexity index is 224. The highest BCUT2D eigenvalue weighted by molar-refractivity contribution is 5.03. The van der Waals surface area contributed by atoms with E-state index in [9.17, 15) is 4.39 Å². The fourth-order valence-corrected chi connectivity index (χ4v) is 2.86. The van der Waals surface area contributed by atoms with E-state index in [0.717, 1.165) is 26.0 Å². The molecule has 3 heteroatoms. The molecular formula is C12H22FNO. The number of hydrogen-bond acceptors (Lipinski definition) is 2. The summed E-state index contributed by atoms with van der Waals surface area (Å²) < 4.78 is 19.2. The standard InChI is InChI=1S/C12H22FNO/c1-3-10(2)15-9-12-5-4-6-14(12)8-11(13)7-12/h10-11H,3-9H2,1-2H3. The number of rotatable bonds is 4. The van der Waals surface area contributed by atoms with E-state index in [1.807, 2.05) is 0 Å². The average molecular weight is 215 g/mol. The maximum absolute atomic E-state index is 13.4. The minimum Gasteiger partial charge on any atom is -0.377 e. The first kappa shape index (κ1) is 11.3. The molecule has 0 aliphatic carbocycles. The van der Waals surface area contributed by atoms with Crippen molar-refractivity contribution in [1.82, 2.24) is 4.90 Å². The van der Waals surface area contributed by atoms with Crippen LogP contribution in [0, 0.1) is 0 Å². The third kappa shape index (κ3) is 2.18. The normalized spacial score (nSPS) is 38.2. The highest BCUT2D eigenvalue weighted by atomic mass is 19.1. The van der Waals surface area contributed by atoms with Crippen molar-refractivity contribution in [2.75, 3.05) is 19.7 Å². The molecule has 2 heterocycles. The predicted octanol–water partition coefficient (Wildman–Crippen LogP) is 2.38. The topological polar surface area (TPSA) is 12.5 Å². The summed E-state index contributed by atoms with van der Waals surface area (Å²) in [6.07, 6.45) is 3.71. The van der Waals surface area contributed by atoms with E-state index < -0.39 is 6.17 Å². The second kappa shape index (κ2) is 4.38. The predicted molar refractivity (Wildman–Crippen MR) is 58.8 cm³/mol. The monoisotopic (exact) mass is 215 g/mol. The third-order valence-corrected chi connectivity index (χ3v) is 3.97. The number of nitrogens with zero attached hydrogens (tertiary/aromatic N) is 1. The Morgan fingerprint density at radius 1 is 1.60 bits per heavy atom. The van der Waals surface area contributed by atoms with Gasteiger partial charge in [-0.2, -0.15) is 0 Å². The number of alkyl halides is 1. The van der Waals surface area contributed by atoms with E-state index in [-0.39, 0.29) is 5.54 Å². The van der Waals surface area contributed by atoms with Gasteiger partial charge in [0.2, 0.25) is 0 Å². The lowest BCUT2D eigenvalue weighted by molar-refractivity contribution is -0.00611. The summed E-state index contributed by atoms with van der Waals surface area (Å²) in [4.78, 5) is 2.31. The van der Waals surface area contributed by atoms with Crippen molar-refractivity contribution in [3.63, 3.8) is 0 Å². The first-order valence-electron chi connectivity index (χ1n) is 6.17. The zero-order valence-electron chi connectivity index (χ0n) is 9.84. The molecule has 2 nitrogen and oxygen atoms in total. The Morgan fingerprint density at radius 2 is 2.40 bits per heavy atom. The molecule has 0 aromatic carbocycles. The highest BCUT2D eigenvalue weighted by Crippen LogP contribution is 2.40. The largest absolute Gasteiger partial charge is 0.377 e. The fraction of sp³-hybridized carbons (Fsp3) is 1.00. The molecule has 0 amide bonds. The van der Waals surface area contributed by atoms with Crippen LogP contribution in [0.1, 0.15) is 39.5 Å². The van der Waals surface area contributed by atoms with Gasteiger partial charge in [-0.25, -0.2) is 4.39 Å². The molecule has 2 rings (SSSR count). The van der Waals surface area contributed by atoms with Gasteiger partial charge in [-0.1, -0.05) is 6.92 Å². The summed E-state index contributed by atoms with van der Waals surface area (Å²) in [5, 5.41) is 0. The van der Waals surface area contributed by atoms with E-state index in [1.54, 1.807) is 0 Å². The number of fused-ring (bicyclic) bond motifs is 1. The van der Waals surface area contributed by atoms with Crippen LogP contribution < -0.4 is 0 Å². The van der Waals surface area contributed by atoms with Crippen molar-refractivity contribution < 1.29 is 9.13 Å². The molecule has 2 aliphatic rings. The second-order valence-electron chi connectivity index (χ2n) is 5.11. The molecule has 2 saturated heterocycles. The van der Waals surface area contributed by atoms with Crippen LogP contribution in [0.5, 0.6) is 0 Å². The average Bonchev–Trinajstić information content (AvgIpc) is 2.70. The molecule has 0 saturated carbocycles. The van der Waals surface area contributed by atoms with Gasteiger partial charge in [-0.05, 0) is 32.7 Å². The van der Waals surface area contributed by atoms with Gasteiger partial charge in [0.1, 0.15) is 6.17 Å². The molecule has 88 valence electrons. The lowest BCUT2D eigenvalue weighted by Gasteiger charge is -2.32. The van der Waals surface area contributed by atoms with Gasteiger partial charge in [0.05, 0.1) is 12.7 Å². The molecule has 0 N–H and O–H groups in total. The van der Waals surface area contributed by atoms with Gasteiger partial charge in [-0.15, -0.1) is 0 Å². The van der Waals surface area contributed by atoms with Crippen LogP contribution >= 0.6 is 0 Å². The van der Waals surface area contributed by atoms with Crippen LogP contribution in [0.15, 0.2) is 0 Å². The van der Waals surface area contributed by atoms with Gasteiger partial charge < -0.3 is 4.74 Å². The first-order valence-corrected chi connectivity index (χ1v) is 6.17. The van der Waals surface area contributed by atoms with Crippen molar-refractivity contribution >= 4 is 0 Å². The Kier molecular flexibility index (Phi) is 3.31. The van der Waals surface area contributed by atoms with Crippen molar-refractivity contribution in [1.29, 1.82) is 0 Å². The molecule has 0 aromatic rings. The molecule has 2 fully saturated rings. The number of hydrogen-bond donors (Lipinski definition) is 0. The number of halogens is 1. The Hall–Kier alpha value is -0.150. The van der Waals surface area contributed by atoms with Crippen molar-refractivity contribution in [2.24, 2.45) is 0 Å². The summed E-state index contributed by atoms with van der Waals surface area (Å²) in [6, 6.07) is 0. The van der Waals surface area contributed by atoms with Crippen molar-refractivity contribution in [2.45, 2.75) is 57.3 Å². The summed E-state index contributed by atoms with van der Waals surface area (Å²) >= 11 is 0. The molecule has 0 bridgehead atoms. The van der Waals surface area contributed by atoms with E-state index in [2.05, 4.69) is 18.7 Å². The van der Waals surface area contributed by atoms with E-state index in [1.165, 1.54) is 6.42 Å². The number of ether oxygens (including phenoxy) is 1. The van der Waals surface area contributed by atoms with E-state index in [0.29, 0.717) is 19.1 Å². The maximum atomic E-state index is 13.4. The molecule has 15 heavy (non-hydrogen) atoms. The fourth-order valence-electron chi connectivity index (χ4n) is 2.86. The molecule has 0 radical (unpaired) electrons. The van der Waals surface area contributed by atoms with Crippen LogP contribution in [0.2, 0.25) is 0 Å². The first-order chi connectivity index (χ1) is 7.16. The van der Waals surface area contributed by atoms with Gasteiger partial charge in [0.15, 0.2) is 0 Å². The molecule has 0 aromatic heterocycles. The second-order valence-corrected chi connectivity index (χ2v) is 5.11. The lowest BCUT2D eigenvalue weighted by atomic mass is 9.95.